The number of allylic oxidation sites excluding steroid dienone is 2. The molecule has 0 aromatic carbocycles. The normalized spacial score (nSPS) is 21.4. The van der Waals surface area contributed by atoms with Gasteiger partial charge in [0.15, 0.2) is 6.29 Å². The van der Waals surface area contributed by atoms with Crippen LogP contribution in [-0.4, -0.2) is 98.7 Å². The van der Waals surface area contributed by atoms with Gasteiger partial charge in [-0.2, -0.15) is 0 Å². The minimum absolute atomic E-state index is 0.255. The lowest BCUT2D eigenvalue weighted by Gasteiger charge is -2.40. The summed E-state index contributed by atoms with van der Waals surface area (Å²) in [5, 5.41) is 64.9. The first-order valence-corrected chi connectivity index (χ1v) is 24.5. The molecule has 8 unspecified atom stereocenters. The summed E-state index contributed by atoms with van der Waals surface area (Å²) >= 11 is 0. The van der Waals surface area contributed by atoms with E-state index in [0.29, 0.717) is 12.8 Å². The monoisotopic (exact) mass is 828 g/mol. The number of carbonyl (C=O) groups excluding carboxylic acids is 1. The molecule has 1 saturated heterocycles. The minimum atomic E-state index is -1.60. The average molecular weight is 828 g/mol. The predicted molar refractivity (Wildman–Crippen MR) is 237 cm³/mol. The first-order valence-electron chi connectivity index (χ1n) is 24.5. The molecule has 1 rings (SSSR count). The smallest absolute Gasteiger partial charge is 0.249 e. The van der Waals surface area contributed by atoms with Crippen LogP contribution in [0.25, 0.3) is 0 Å². The highest BCUT2D eigenvalue weighted by Gasteiger charge is 2.44. The second-order valence-electron chi connectivity index (χ2n) is 17.4. The maximum Gasteiger partial charge on any atom is 0.249 e. The van der Waals surface area contributed by atoms with Gasteiger partial charge in [-0.25, -0.2) is 0 Å². The second kappa shape index (κ2) is 38.8. The summed E-state index contributed by atoms with van der Waals surface area (Å²) in [6.07, 6.45) is 34.0. The van der Waals surface area contributed by atoms with Gasteiger partial charge in [0, 0.05) is 0 Å². The Balaban J connectivity index is 2.35. The van der Waals surface area contributed by atoms with Crippen LogP contribution in [0.5, 0.6) is 0 Å². The van der Waals surface area contributed by atoms with Gasteiger partial charge in [0.05, 0.1) is 25.4 Å². The van der Waals surface area contributed by atoms with E-state index in [2.05, 4.69) is 31.3 Å². The van der Waals surface area contributed by atoms with E-state index >= 15 is 0 Å². The first-order chi connectivity index (χ1) is 28.3. The highest BCUT2D eigenvalue weighted by molar-refractivity contribution is 5.80. The fourth-order valence-corrected chi connectivity index (χ4v) is 7.93. The molecular formula is C48H93NO9. The fourth-order valence-electron chi connectivity index (χ4n) is 7.93. The number of rotatable bonds is 41. The molecule has 0 spiro atoms. The van der Waals surface area contributed by atoms with Crippen molar-refractivity contribution in [3.8, 4) is 0 Å². The van der Waals surface area contributed by atoms with Gasteiger partial charge >= 0.3 is 0 Å². The van der Waals surface area contributed by atoms with Gasteiger partial charge < -0.3 is 45.4 Å². The van der Waals surface area contributed by atoms with Crippen LogP contribution in [0.3, 0.4) is 0 Å². The fraction of sp³-hybridized carbons (Fsp3) is 0.938. The van der Waals surface area contributed by atoms with Crippen molar-refractivity contribution in [1.82, 2.24) is 5.32 Å². The van der Waals surface area contributed by atoms with Crippen molar-refractivity contribution in [2.75, 3.05) is 13.2 Å². The van der Waals surface area contributed by atoms with E-state index in [4.69, 9.17) is 9.47 Å². The largest absolute Gasteiger partial charge is 0.394 e. The molecule has 8 atom stereocenters. The molecule has 0 saturated carbocycles. The van der Waals surface area contributed by atoms with E-state index in [1.807, 2.05) is 0 Å². The maximum atomic E-state index is 13.1. The van der Waals surface area contributed by atoms with Crippen molar-refractivity contribution in [1.29, 1.82) is 0 Å². The third kappa shape index (κ3) is 28.4. The number of hydrogen-bond donors (Lipinski definition) is 7. The molecule has 1 aliphatic heterocycles. The van der Waals surface area contributed by atoms with E-state index < -0.39 is 61.5 Å². The van der Waals surface area contributed by atoms with Crippen molar-refractivity contribution in [2.24, 2.45) is 0 Å². The van der Waals surface area contributed by atoms with E-state index in [-0.39, 0.29) is 6.61 Å². The zero-order valence-corrected chi connectivity index (χ0v) is 37.4. The zero-order valence-electron chi connectivity index (χ0n) is 37.4. The Kier molecular flexibility index (Phi) is 36.7. The van der Waals surface area contributed by atoms with Gasteiger partial charge in [0.1, 0.15) is 30.5 Å². The Morgan fingerprint density at radius 1 is 0.569 bits per heavy atom. The number of amides is 1. The van der Waals surface area contributed by atoms with Crippen LogP contribution in [0.4, 0.5) is 0 Å². The topological polar surface area (TPSA) is 169 Å². The third-order valence-corrected chi connectivity index (χ3v) is 12.0. The molecule has 7 N–H and O–H groups in total. The highest BCUT2D eigenvalue weighted by Crippen LogP contribution is 2.23. The van der Waals surface area contributed by atoms with Crippen LogP contribution in [0, 0.1) is 0 Å². The summed E-state index contributed by atoms with van der Waals surface area (Å²) < 4.78 is 11.2. The van der Waals surface area contributed by atoms with Gasteiger partial charge in [0.2, 0.25) is 5.91 Å². The molecule has 58 heavy (non-hydrogen) atoms. The lowest BCUT2D eigenvalue weighted by molar-refractivity contribution is -0.302. The quantitative estimate of drug-likeness (QED) is 0.0235. The molecule has 0 aromatic heterocycles. The van der Waals surface area contributed by atoms with Crippen molar-refractivity contribution < 1.29 is 44.9 Å². The Bertz CT molecular complexity index is 937. The highest BCUT2D eigenvalue weighted by atomic mass is 16.7. The number of hydrogen-bond acceptors (Lipinski definition) is 9. The number of ether oxygens (including phenoxy) is 2. The van der Waals surface area contributed by atoms with Gasteiger partial charge in [0.25, 0.3) is 0 Å². The van der Waals surface area contributed by atoms with Crippen molar-refractivity contribution >= 4 is 5.91 Å². The van der Waals surface area contributed by atoms with Crippen LogP contribution < -0.4 is 5.32 Å². The lowest BCUT2D eigenvalue weighted by atomic mass is 9.99. The molecule has 0 aromatic rings. The van der Waals surface area contributed by atoms with Gasteiger partial charge in [-0.3, -0.25) is 4.79 Å². The molecule has 10 heteroatoms. The molecule has 0 aliphatic carbocycles. The summed E-state index contributed by atoms with van der Waals surface area (Å²) in [5.41, 5.74) is 0. The van der Waals surface area contributed by atoms with Gasteiger partial charge in [-0.15, -0.1) is 0 Å². The molecule has 0 bridgehead atoms. The van der Waals surface area contributed by atoms with Crippen molar-refractivity contribution in [3.63, 3.8) is 0 Å². The number of nitrogens with one attached hydrogen (secondary N) is 1. The SMILES string of the molecule is CCCCCCCCCCC/C=C\CCCCCCCCC(O)C(=O)NC(COC1OC(CO)C(O)C(O)C1O)C(O)CCCCCCCCCCCCCCCC. The lowest BCUT2D eigenvalue weighted by Crippen LogP contribution is -2.60. The van der Waals surface area contributed by atoms with Crippen LogP contribution in [-0.2, 0) is 14.3 Å². The molecule has 0 radical (unpaired) electrons. The number of aliphatic hydroxyl groups is 6. The first kappa shape index (κ1) is 54.9. The van der Waals surface area contributed by atoms with E-state index in [1.54, 1.807) is 0 Å². The van der Waals surface area contributed by atoms with Crippen molar-refractivity contribution in [2.45, 2.75) is 275 Å². The summed E-state index contributed by atoms with van der Waals surface area (Å²) in [6, 6.07) is -0.893. The average Bonchev–Trinajstić information content (AvgIpc) is 3.22. The Labute approximate surface area is 355 Å². The maximum absolute atomic E-state index is 13.1. The van der Waals surface area contributed by atoms with Crippen LogP contribution in [0.15, 0.2) is 12.2 Å². The summed E-state index contributed by atoms with van der Waals surface area (Å²) in [4.78, 5) is 13.1. The Hall–Kier alpha value is -1.11. The van der Waals surface area contributed by atoms with Crippen LogP contribution in [0.2, 0.25) is 0 Å². The van der Waals surface area contributed by atoms with E-state index in [9.17, 15) is 35.4 Å². The number of unbranched alkanes of at least 4 members (excludes halogenated alkanes) is 28. The Morgan fingerprint density at radius 2 is 0.966 bits per heavy atom. The van der Waals surface area contributed by atoms with Gasteiger partial charge in [-0.1, -0.05) is 199 Å². The zero-order chi connectivity index (χ0) is 42.5. The van der Waals surface area contributed by atoms with Crippen LogP contribution in [0.1, 0.15) is 226 Å². The van der Waals surface area contributed by atoms with E-state index in [0.717, 1.165) is 57.8 Å². The number of carbonyl (C=O) groups is 1. The van der Waals surface area contributed by atoms with E-state index in [1.165, 1.54) is 141 Å². The van der Waals surface area contributed by atoms with Crippen LogP contribution >= 0.6 is 0 Å². The summed E-state index contributed by atoms with van der Waals surface area (Å²) in [7, 11) is 0. The number of aliphatic hydroxyl groups excluding tert-OH is 6. The molecule has 344 valence electrons. The summed E-state index contributed by atoms with van der Waals surface area (Å²) in [5.74, 6) is -0.586. The molecular weight excluding hydrogens is 735 g/mol. The second-order valence-corrected chi connectivity index (χ2v) is 17.4. The van der Waals surface area contributed by atoms with Crippen molar-refractivity contribution in [3.05, 3.63) is 12.2 Å². The molecule has 1 amide bonds. The predicted octanol–water partition coefficient (Wildman–Crippen LogP) is 9.48. The standard InChI is InChI=1S/C48H93NO9/c1-3-5-7-9-11-13-15-17-19-20-21-22-23-25-27-29-31-33-35-37-42(52)47(56)49-40(39-57-48-46(55)45(54)44(53)43(38-50)58-48)41(51)36-34-32-30-28-26-24-18-16-14-12-10-8-6-4-2/h21-22,40-46,48,50-55H,3-20,23-39H2,1-2H3,(H,49,56)/b22-21-. The summed E-state index contributed by atoms with van der Waals surface area (Å²) in [6.45, 7) is 3.67. The molecule has 1 aliphatic rings. The molecule has 1 fully saturated rings. The molecule has 1 heterocycles. The Morgan fingerprint density at radius 3 is 1.40 bits per heavy atom. The third-order valence-electron chi connectivity index (χ3n) is 12.0. The minimum Gasteiger partial charge on any atom is -0.394 e. The molecule has 10 nitrogen and oxygen atoms in total. The van der Waals surface area contributed by atoms with Gasteiger partial charge in [-0.05, 0) is 38.5 Å².